The summed E-state index contributed by atoms with van der Waals surface area (Å²) in [7, 11) is 0. The second-order valence-corrected chi connectivity index (χ2v) is 11.7. The molecule has 1 spiro atoms. The maximum Gasteiger partial charge on any atom is 0.422 e. The van der Waals surface area contributed by atoms with Crippen molar-refractivity contribution in [1.82, 2.24) is 20.4 Å². The number of rotatable bonds is 9. The number of alkyl halides is 3. The Morgan fingerprint density at radius 1 is 1.30 bits per heavy atom. The molecule has 1 atom stereocenters. The fourth-order valence-corrected chi connectivity index (χ4v) is 6.11. The van der Waals surface area contributed by atoms with E-state index in [1.807, 2.05) is 0 Å². The SMILES string of the molecule is O=C1N[C@@]2(CCCc3cc(OCC(F)(F)F)ccc32)Cc2nn(CCC3CC3)c(C(=O)NCC3(CO)COC3)c21. The zero-order valence-corrected chi connectivity index (χ0v) is 22.1. The van der Waals surface area contributed by atoms with E-state index in [1.54, 1.807) is 16.8 Å². The lowest BCUT2D eigenvalue weighted by atomic mass is 9.71. The number of carbonyl (C=O) groups is 2. The molecule has 1 aromatic heterocycles. The van der Waals surface area contributed by atoms with Crippen LogP contribution in [-0.2, 0) is 29.7 Å². The fraction of sp³-hybridized carbons (Fsp3) is 0.607. The van der Waals surface area contributed by atoms with E-state index >= 15 is 0 Å². The van der Waals surface area contributed by atoms with Crippen molar-refractivity contribution >= 4 is 11.8 Å². The Morgan fingerprint density at radius 3 is 2.77 bits per heavy atom. The lowest BCUT2D eigenvalue weighted by Crippen LogP contribution is -2.54. The summed E-state index contributed by atoms with van der Waals surface area (Å²) < 4.78 is 49.8. The molecule has 2 aliphatic carbocycles. The van der Waals surface area contributed by atoms with Crippen molar-refractivity contribution < 1.29 is 37.3 Å². The van der Waals surface area contributed by atoms with Gasteiger partial charge in [-0.1, -0.05) is 18.9 Å². The number of carbonyl (C=O) groups excluding carboxylic acids is 2. The Balaban J connectivity index is 1.29. The van der Waals surface area contributed by atoms with Gasteiger partial charge in [-0.25, -0.2) is 0 Å². The summed E-state index contributed by atoms with van der Waals surface area (Å²) in [6.07, 6.45) is 1.13. The van der Waals surface area contributed by atoms with Crippen LogP contribution in [0.1, 0.15) is 69.8 Å². The molecule has 0 bridgehead atoms. The molecule has 2 fully saturated rings. The van der Waals surface area contributed by atoms with Crippen molar-refractivity contribution in [3.05, 3.63) is 46.3 Å². The first-order valence-corrected chi connectivity index (χ1v) is 13.8. The van der Waals surface area contributed by atoms with E-state index < -0.39 is 35.6 Å². The first-order chi connectivity index (χ1) is 19.1. The van der Waals surface area contributed by atoms with Crippen LogP contribution in [0.4, 0.5) is 13.2 Å². The van der Waals surface area contributed by atoms with Gasteiger partial charge in [0.1, 0.15) is 11.4 Å². The minimum absolute atomic E-state index is 0.113. The van der Waals surface area contributed by atoms with Crippen LogP contribution < -0.4 is 15.4 Å². The average molecular weight is 563 g/mol. The summed E-state index contributed by atoms with van der Waals surface area (Å²) >= 11 is 0. The summed E-state index contributed by atoms with van der Waals surface area (Å²) in [5.41, 5.74) is 1.41. The number of fused-ring (bicyclic) bond motifs is 3. The van der Waals surface area contributed by atoms with Gasteiger partial charge >= 0.3 is 6.18 Å². The van der Waals surface area contributed by atoms with Gasteiger partial charge in [-0.3, -0.25) is 14.3 Å². The lowest BCUT2D eigenvalue weighted by molar-refractivity contribution is -0.153. The predicted molar refractivity (Wildman–Crippen MR) is 136 cm³/mol. The van der Waals surface area contributed by atoms with Gasteiger partial charge in [0, 0.05) is 19.5 Å². The van der Waals surface area contributed by atoms with E-state index in [4.69, 9.17) is 14.6 Å². The third-order valence-electron chi connectivity index (χ3n) is 8.56. The van der Waals surface area contributed by atoms with Crippen LogP contribution in [0.25, 0.3) is 0 Å². The Labute approximate surface area is 229 Å². The molecular formula is C28H33F3N4O5. The van der Waals surface area contributed by atoms with E-state index in [2.05, 4.69) is 10.6 Å². The number of halogens is 3. The number of aryl methyl sites for hydroxylation is 2. The monoisotopic (exact) mass is 562 g/mol. The number of nitrogens with one attached hydrogen (secondary N) is 2. The molecule has 1 saturated heterocycles. The second kappa shape index (κ2) is 10.1. The van der Waals surface area contributed by atoms with Crippen molar-refractivity contribution in [2.45, 2.75) is 63.2 Å². The number of aliphatic hydroxyl groups is 1. The Hall–Kier alpha value is -3.12. The molecule has 3 N–H and O–H groups in total. The van der Waals surface area contributed by atoms with Crippen LogP contribution in [0, 0.1) is 11.3 Å². The zero-order valence-electron chi connectivity index (χ0n) is 22.1. The maximum absolute atomic E-state index is 13.7. The zero-order chi connectivity index (χ0) is 28.1. The molecule has 12 heteroatoms. The standard InChI is InChI=1S/C28H33F3N4O5/c29-28(30,31)16-40-19-5-6-20-18(10-19)2-1-8-27(20)11-21-22(24(37)33-27)23(35(34-21)9-7-17-3-4-17)25(38)32-12-26(13-36)14-39-15-26/h5-6,10,17,36H,1-4,7-9,11-16H2,(H,32,38)(H,33,37)/t27-/m0/s1. The highest BCUT2D eigenvalue weighted by Gasteiger charge is 2.46. The second-order valence-electron chi connectivity index (χ2n) is 11.7. The number of aliphatic hydroxyl groups excluding tert-OH is 1. The first-order valence-electron chi connectivity index (χ1n) is 13.8. The van der Waals surface area contributed by atoms with E-state index in [0.29, 0.717) is 50.6 Å². The number of ether oxygens (including phenoxy) is 2. The van der Waals surface area contributed by atoms with Gasteiger partial charge in [0.05, 0.1) is 42.0 Å². The molecule has 216 valence electrons. The molecular weight excluding hydrogens is 529 g/mol. The van der Waals surface area contributed by atoms with Gasteiger partial charge in [0.2, 0.25) is 0 Å². The predicted octanol–water partition coefficient (Wildman–Crippen LogP) is 2.88. The number of amides is 2. The molecule has 0 radical (unpaired) electrons. The largest absolute Gasteiger partial charge is 0.484 e. The molecule has 0 unspecified atom stereocenters. The molecule has 2 amide bonds. The summed E-state index contributed by atoms with van der Waals surface area (Å²) in [6, 6.07) is 4.86. The van der Waals surface area contributed by atoms with Crippen molar-refractivity contribution in [2.24, 2.45) is 11.3 Å². The molecule has 9 nitrogen and oxygen atoms in total. The number of nitrogens with zero attached hydrogens (tertiary/aromatic N) is 2. The van der Waals surface area contributed by atoms with Gasteiger partial charge in [-0.2, -0.15) is 18.3 Å². The third kappa shape index (κ3) is 5.18. The van der Waals surface area contributed by atoms with Crippen molar-refractivity contribution in [2.75, 3.05) is 33.0 Å². The third-order valence-corrected chi connectivity index (χ3v) is 8.56. The van der Waals surface area contributed by atoms with Crippen LogP contribution in [0.15, 0.2) is 18.2 Å². The molecule has 40 heavy (non-hydrogen) atoms. The molecule has 4 aliphatic rings. The molecule has 1 saturated carbocycles. The molecule has 2 aliphatic heterocycles. The molecule has 3 heterocycles. The summed E-state index contributed by atoms with van der Waals surface area (Å²) in [6.45, 7) is -0.0270. The van der Waals surface area contributed by atoms with E-state index in [1.165, 1.54) is 6.07 Å². The van der Waals surface area contributed by atoms with Crippen molar-refractivity contribution in [1.29, 1.82) is 0 Å². The summed E-state index contributed by atoms with van der Waals surface area (Å²) in [4.78, 5) is 27.2. The van der Waals surface area contributed by atoms with Crippen molar-refractivity contribution in [3.63, 3.8) is 0 Å². The number of hydrogen-bond donors (Lipinski definition) is 3. The van der Waals surface area contributed by atoms with Gasteiger partial charge < -0.3 is 25.2 Å². The van der Waals surface area contributed by atoms with Crippen LogP contribution >= 0.6 is 0 Å². The quantitative estimate of drug-likeness (QED) is 0.433. The van der Waals surface area contributed by atoms with Gasteiger partial charge in [0.25, 0.3) is 11.8 Å². The maximum atomic E-state index is 13.7. The summed E-state index contributed by atoms with van der Waals surface area (Å²) in [5, 5.41) is 20.6. The Bertz CT molecular complexity index is 1310. The highest BCUT2D eigenvalue weighted by molar-refractivity contribution is 6.08. The number of aromatic nitrogens is 2. The van der Waals surface area contributed by atoms with Gasteiger partial charge in [-0.05, 0) is 54.9 Å². The van der Waals surface area contributed by atoms with E-state index in [0.717, 1.165) is 36.8 Å². The van der Waals surface area contributed by atoms with Crippen LogP contribution in [0.3, 0.4) is 0 Å². The Morgan fingerprint density at radius 2 is 2.10 bits per heavy atom. The minimum Gasteiger partial charge on any atom is -0.484 e. The molecule has 6 rings (SSSR count). The van der Waals surface area contributed by atoms with Crippen LogP contribution in [0.5, 0.6) is 5.75 Å². The summed E-state index contributed by atoms with van der Waals surface area (Å²) in [5.74, 6) is -0.0677. The minimum atomic E-state index is -4.43. The normalized spacial score (nSPS) is 23.1. The molecule has 2 aromatic rings. The smallest absolute Gasteiger partial charge is 0.422 e. The van der Waals surface area contributed by atoms with E-state index in [9.17, 15) is 27.9 Å². The highest BCUT2D eigenvalue weighted by atomic mass is 19.4. The van der Waals surface area contributed by atoms with Gasteiger partial charge in [0.15, 0.2) is 6.61 Å². The Kier molecular flexibility index (Phi) is 6.81. The fourth-order valence-electron chi connectivity index (χ4n) is 6.11. The average Bonchev–Trinajstić information content (AvgIpc) is 3.64. The van der Waals surface area contributed by atoms with E-state index in [-0.39, 0.29) is 30.2 Å². The highest BCUT2D eigenvalue weighted by Crippen LogP contribution is 2.43. The van der Waals surface area contributed by atoms with Crippen molar-refractivity contribution in [3.8, 4) is 5.75 Å². The lowest BCUT2D eigenvalue weighted by Gasteiger charge is -2.42. The number of benzene rings is 1. The molecule has 1 aromatic carbocycles. The number of hydrogen-bond acceptors (Lipinski definition) is 6. The van der Waals surface area contributed by atoms with Crippen LogP contribution in [-0.4, -0.2) is 65.8 Å². The van der Waals surface area contributed by atoms with Crippen LogP contribution in [0.2, 0.25) is 0 Å². The first kappa shape index (κ1) is 27.1. The topological polar surface area (TPSA) is 115 Å². The van der Waals surface area contributed by atoms with Gasteiger partial charge in [-0.15, -0.1) is 0 Å².